The summed E-state index contributed by atoms with van der Waals surface area (Å²) >= 11 is 0. The summed E-state index contributed by atoms with van der Waals surface area (Å²) in [5.74, 6) is 1.06. The molecule has 0 unspecified atom stereocenters. The van der Waals surface area contributed by atoms with Crippen LogP contribution in [0.25, 0.3) is 11.0 Å². The van der Waals surface area contributed by atoms with Crippen molar-refractivity contribution in [2.75, 3.05) is 20.1 Å². The molecule has 0 saturated carbocycles. The van der Waals surface area contributed by atoms with E-state index in [9.17, 15) is 4.79 Å². The SMILES string of the molecule is CN(CC(=O)N1CCCC[C@H]1c1nc2ccccc2[nH]1)Cc1cccnc1. The summed E-state index contributed by atoms with van der Waals surface area (Å²) in [4.78, 5) is 29.4. The van der Waals surface area contributed by atoms with Gasteiger partial charge in [-0.3, -0.25) is 14.7 Å². The van der Waals surface area contributed by atoms with E-state index in [1.807, 2.05) is 59.4 Å². The summed E-state index contributed by atoms with van der Waals surface area (Å²) in [6.07, 6.45) is 6.74. The van der Waals surface area contributed by atoms with Crippen molar-refractivity contribution in [3.63, 3.8) is 0 Å². The molecule has 140 valence electrons. The van der Waals surface area contributed by atoms with Crippen molar-refractivity contribution >= 4 is 16.9 Å². The number of imidazole rings is 1. The zero-order valence-corrected chi connectivity index (χ0v) is 15.6. The van der Waals surface area contributed by atoms with Crippen LogP contribution in [0.2, 0.25) is 0 Å². The molecule has 27 heavy (non-hydrogen) atoms. The quantitative estimate of drug-likeness (QED) is 0.756. The molecule has 2 aromatic heterocycles. The highest BCUT2D eigenvalue weighted by Crippen LogP contribution is 2.30. The van der Waals surface area contributed by atoms with E-state index < -0.39 is 0 Å². The van der Waals surface area contributed by atoms with Gasteiger partial charge in [-0.2, -0.15) is 0 Å². The Hall–Kier alpha value is -2.73. The van der Waals surface area contributed by atoms with Crippen molar-refractivity contribution in [3.05, 3.63) is 60.2 Å². The molecule has 0 aliphatic carbocycles. The van der Waals surface area contributed by atoms with Gasteiger partial charge in [-0.05, 0) is 50.1 Å². The molecule has 0 radical (unpaired) electrons. The molecule has 1 atom stereocenters. The highest BCUT2D eigenvalue weighted by molar-refractivity contribution is 5.79. The number of H-pyrrole nitrogens is 1. The second-order valence-electron chi connectivity index (χ2n) is 7.27. The Labute approximate surface area is 159 Å². The van der Waals surface area contributed by atoms with Crippen LogP contribution >= 0.6 is 0 Å². The van der Waals surface area contributed by atoms with Crippen LogP contribution in [0.3, 0.4) is 0 Å². The van der Waals surface area contributed by atoms with E-state index in [-0.39, 0.29) is 11.9 Å². The number of carbonyl (C=O) groups excluding carboxylic acids is 1. The van der Waals surface area contributed by atoms with E-state index in [4.69, 9.17) is 4.98 Å². The van der Waals surface area contributed by atoms with Gasteiger partial charge in [0.1, 0.15) is 5.82 Å². The zero-order valence-electron chi connectivity index (χ0n) is 15.6. The average molecular weight is 363 g/mol. The molecule has 3 aromatic rings. The lowest BCUT2D eigenvalue weighted by Crippen LogP contribution is -2.43. The number of hydrogen-bond donors (Lipinski definition) is 1. The van der Waals surface area contributed by atoms with Gasteiger partial charge in [-0.25, -0.2) is 4.98 Å². The molecule has 1 amide bonds. The van der Waals surface area contributed by atoms with Crippen LogP contribution in [0.1, 0.15) is 36.7 Å². The first-order valence-corrected chi connectivity index (χ1v) is 9.52. The molecule has 1 N–H and O–H groups in total. The van der Waals surface area contributed by atoms with Gasteiger partial charge in [0, 0.05) is 25.5 Å². The highest BCUT2D eigenvalue weighted by atomic mass is 16.2. The number of piperidine rings is 1. The van der Waals surface area contributed by atoms with Crippen molar-refractivity contribution in [2.24, 2.45) is 0 Å². The minimum Gasteiger partial charge on any atom is -0.340 e. The molecule has 1 fully saturated rings. The van der Waals surface area contributed by atoms with E-state index in [0.29, 0.717) is 13.1 Å². The van der Waals surface area contributed by atoms with Crippen molar-refractivity contribution in [1.29, 1.82) is 0 Å². The van der Waals surface area contributed by atoms with Gasteiger partial charge in [0.25, 0.3) is 0 Å². The van der Waals surface area contributed by atoms with Crippen LogP contribution < -0.4 is 0 Å². The topological polar surface area (TPSA) is 65.1 Å². The molecule has 0 spiro atoms. The van der Waals surface area contributed by atoms with Crippen molar-refractivity contribution in [2.45, 2.75) is 31.8 Å². The van der Waals surface area contributed by atoms with E-state index in [1.165, 1.54) is 0 Å². The van der Waals surface area contributed by atoms with E-state index in [1.54, 1.807) is 6.20 Å². The second kappa shape index (κ2) is 7.88. The number of rotatable bonds is 5. The van der Waals surface area contributed by atoms with Gasteiger partial charge in [-0.15, -0.1) is 0 Å². The van der Waals surface area contributed by atoms with E-state index >= 15 is 0 Å². The Bertz CT molecular complexity index is 874. The smallest absolute Gasteiger partial charge is 0.237 e. The molecule has 6 nitrogen and oxygen atoms in total. The number of benzene rings is 1. The summed E-state index contributed by atoms with van der Waals surface area (Å²) in [6, 6.07) is 12.0. The van der Waals surface area contributed by atoms with Gasteiger partial charge < -0.3 is 9.88 Å². The van der Waals surface area contributed by atoms with Crippen molar-refractivity contribution in [3.8, 4) is 0 Å². The summed E-state index contributed by atoms with van der Waals surface area (Å²) in [5, 5.41) is 0. The van der Waals surface area contributed by atoms with Gasteiger partial charge in [-0.1, -0.05) is 18.2 Å². The van der Waals surface area contributed by atoms with E-state index in [0.717, 1.165) is 48.2 Å². The van der Waals surface area contributed by atoms with E-state index in [2.05, 4.69) is 9.97 Å². The maximum Gasteiger partial charge on any atom is 0.237 e. The number of aromatic amines is 1. The second-order valence-corrected chi connectivity index (χ2v) is 7.27. The van der Waals surface area contributed by atoms with Crippen LogP contribution in [-0.2, 0) is 11.3 Å². The van der Waals surface area contributed by atoms with Crippen molar-refractivity contribution < 1.29 is 4.79 Å². The predicted molar refractivity (Wildman–Crippen MR) is 105 cm³/mol. The first-order chi connectivity index (χ1) is 13.2. The molecule has 1 aromatic carbocycles. The minimum atomic E-state index is 0.0328. The van der Waals surface area contributed by atoms with Gasteiger partial charge in [0.2, 0.25) is 5.91 Å². The number of para-hydroxylation sites is 2. The summed E-state index contributed by atoms with van der Waals surface area (Å²) in [6.45, 7) is 1.90. The van der Waals surface area contributed by atoms with Gasteiger partial charge >= 0.3 is 0 Å². The summed E-state index contributed by atoms with van der Waals surface area (Å²) < 4.78 is 0. The number of hydrogen-bond acceptors (Lipinski definition) is 4. The highest BCUT2D eigenvalue weighted by Gasteiger charge is 2.30. The molecular formula is C21H25N5O. The van der Waals surface area contributed by atoms with Gasteiger partial charge in [0.05, 0.1) is 23.6 Å². The van der Waals surface area contributed by atoms with Crippen LogP contribution in [0.15, 0.2) is 48.8 Å². The molecule has 4 rings (SSSR count). The third-order valence-corrected chi connectivity index (χ3v) is 5.13. The third-order valence-electron chi connectivity index (χ3n) is 5.13. The lowest BCUT2D eigenvalue weighted by Gasteiger charge is -2.35. The minimum absolute atomic E-state index is 0.0328. The Morgan fingerprint density at radius 2 is 2.15 bits per heavy atom. The normalized spacial score (nSPS) is 17.6. The van der Waals surface area contributed by atoms with Crippen LogP contribution in [0.4, 0.5) is 0 Å². The standard InChI is InChI=1S/C21H25N5O/c1-25(14-16-7-6-11-22-13-16)15-20(27)26-12-5-4-10-19(26)21-23-17-8-2-3-9-18(17)24-21/h2-3,6-9,11,13,19H,4-5,10,12,14-15H2,1H3,(H,23,24)/t19-/m0/s1. The van der Waals surface area contributed by atoms with Crippen molar-refractivity contribution in [1.82, 2.24) is 24.8 Å². The number of likely N-dealkylation sites (tertiary alicyclic amines) is 1. The Morgan fingerprint density at radius 1 is 1.26 bits per heavy atom. The Morgan fingerprint density at radius 3 is 2.96 bits per heavy atom. The molecule has 1 aliphatic rings. The predicted octanol–water partition coefficient (Wildman–Crippen LogP) is 3.14. The Kier molecular flexibility index (Phi) is 5.16. The molecular weight excluding hydrogens is 338 g/mol. The number of nitrogens with one attached hydrogen (secondary N) is 1. The molecule has 6 heteroatoms. The fourth-order valence-corrected chi connectivity index (χ4v) is 3.83. The molecule has 1 saturated heterocycles. The fourth-order valence-electron chi connectivity index (χ4n) is 3.83. The summed E-state index contributed by atoms with van der Waals surface area (Å²) in [7, 11) is 1.98. The Balaban J connectivity index is 1.47. The zero-order chi connectivity index (χ0) is 18.6. The first kappa shape index (κ1) is 17.7. The number of aromatic nitrogens is 3. The fraction of sp³-hybridized carbons (Fsp3) is 0.381. The number of likely N-dealkylation sites (N-methyl/N-ethyl adjacent to an activating group) is 1. The van der Waals surface area contributed by atoms with Gasteiger partial charge in [0.15, 0.2) is 0 Å². The number of pyridine rings is 1. The lowest BCUT2D eigenvalue weighted by atomic mass is 10.0. The number of carbonyl (C=O) groups is 1. The average Bonchev–Trinajstić information content (AvgIpc) is 3.13. The largest absolute Gasteiger partial charge is 0.340 e. The van der Waals surface area contributed by atoms with Crippen LogP contribution in [0, 0.1) is 0 Å². The maximum absolute atomic E-state index is 13.0. The van der Waals surface area contributed by atoms with Crippen LogP contribution in [-0.4, -0.2) is 50.8 Å². The van der Waals surface area contributed by atoms with Crippen LogP contribution in [0.5, 0.6) is 0 Å². The molecule has 1 aliphatic heterocycles. The lowest BCUT2D eigenvalue weighted by molar-refractivity contribution is -0.136. The number of amides is 1. The first-order valence-electron chi connectivity index (χ1n) is 9.52. The number of fused-ring (bicyclic) bond motifs is 1. The maximum atomic E-state index is 13.0. The summed E-state index contributed by atoms with van der Waals surface area (Å²) in [5.41, 5.74) is 3.10. The molecule has 3 heterocycles. The monoisotopic (exact) mass is 363 g/mol. The molecule has 0 bridgehead atoms. The number of nitrogens with zero attached hydrogens (tertiary/aromatic N) is 4. The third kappa shape index (κ3) is 4.01.